The van der Waals surface area contributed by atoms with E-state index in [4.69, 9.17) is 4.74 Å². The first kappa shape index (κ1) is 15.3. The quantitative estimate of drug-likeness (QED) is 0.738. The number of ether oxygens (including phenoxy) is 1. The fraction of sp³-hybridized carbons (Fsp3) is 0.263. The van der Waals surface area contributed by atoms with Crippen LogP contribution in [0.5, 0.6) is 5.75 Å². The predicted molar refractivity (Wildman–Crippen MR) is 91.1 cm³/mol. The zero-order chi connectivity index (χ0) is 16.4. The monoisotopic (exact) mass is 308 g/mol. The summed E-state index contributed by atoms with van der Waals surface area (Å²) >= 11 is 0. The molecule has 2 aromatic heterocycles. The minimum absolute atomic E-state index is 0.0967. The van der Waals surface area contributed by atoms with Crippen LogP contribution in [0.15, 0.2) is 53.5 Å². The van der Waals surface area contributed by atoms with Crippen LogP contribution in [0, 0.1) is 6.92 Å². The van der Waals surface area contributed by atoms with Gasteiger partial charge in [0.1, 0.15) is 18.0 Å². The lowest BCUT2D eigenvalue weighted by atomic mass is 9.98. The summed E-state index contributed by atoms with van der Waals surface area (Å²) in [7, 11) is 0. The van der Waals surface area contributed by atoms with Crippen molar-refractivity contribution in [3.8, 4) is 5.75 Å². The molecular weight excluding hydrogens is 288 g/mol. The summed E-state index contributed by atoms with van der Waals surface area (Å²) in [6, 6.07) is 13.1. The Kier molecular flexibility index (Phi) is 4.15. The smallest absolute Gasteiger partial charge is 0.258 e. The van der Waals surface area contributed by atoms with Crippen molar-refractivity contribution >= 4 is 5.65 Å². The second kappa shape index (κ2) is 6.24. The molecule has 0 bridgehead atoms. The summed E-state index contributed by atoms with van der Waals surface area (Å²) in [6.45, 7) is 6.72. The van der Waals surface area contributed by atoms with E-state index in [9.17, 15) is 4.79 Å². The molecule has 118 valence electrons. The molecule has 0 radical (unpaired) electrons. The lowest BCUT2D eigenvalue weighted by molar-refractivity contribution is 0.301. The van der Waals surface area contributed by atoms with Gasteiger partial charge >= 0.3 is 0 Å². The van der Waals surface area contributed by atoms with E-state index in [0.717, 1.165) is 5.75 Å². The maximum Gasteiger partial charge on any atom is 0.258 e. The number of benzene rings is 1. The predicted octanol–water partition coefficient (Wildman–Crippen LogP) is 3.71. The van der Waals surface area contributed by atoms with Crippen molar-refractivity contribution in [3.05, 3.63) is 75.8 Å². The Balaban J connectivity index is 1.81. The molecule has 3 rings (SSSR count). The van der Waals surface area contributed by atoms with E-state index in [-0.39, 0.29) is 12.2 Å². The fourth-order valence-corrected chi connectivity index (χ4v) is 2.72. The maximum atomic E-state index is 12.1. The molecule has 0 N–H and O–H groups in total. The molecule has 0 spiro atoms. The van der Waals surface area contributed by atoms with Crippen LogP contribution in [0.3, 0.4) is 0 Å². The van der Waals surface area contributed by atoms with Gasteiger partial charge in [-0.3, -0.25) is 9.20 Å². The number of nitrogens with zero attached hydrogens (tertiary/aromatic N) is 2. The van der Waals surface area contributed by atoms with Gasteiger partial charge in [0.25, 0.3) is 5.56 Å². The van der Waals surface area contributed by atoms with Crippen LogP contribution in [0.2, 0.25) is 0 Å². The van der Waals surface area contributed by atoms with Crippen LogP contribution in [-0.2, 0) is 6.61 Å². The zero-order valence-corrected chi connectivity index (χ0v) is 13.6. The first-order valence-corrected chi connectivity index (χ1v) is 7.75. The average Bonchev–Trinajstić information content (AvgIpc) is 2.53. The van der Waals surface area contributed by atoms with E-state index >= 15 is 0 Å². The summed E-state index contributed by atoms with van der Waals surface area (Å²) in [6.07, 6.45) is 1.71. The van der Waals surface area contributed by atoms with Gasteiger partial charge in [-0.05, 0) is 48.2 Å². The lowest BCUT2D eigenvalue weighted by Crippen LogP contribution is -2.16. The second-order valence-electron chi connectivity index (χ2n) is 5.98. The highest BCUT2D eigenvalue weighted by molar-refractivity contribution is 5.38. The molecule has 0 aliphatic heterocycles. The fourth-order valence-electron chi connectivity index (χ4n) is 2.72. The highest BCUT2D eigenvalue weighted by atomic mass is 16.5. The first-order valence-electron chi connectivity index (χ1n) is 7.75. The number of aryl methyl sites for hydroxylation is 1. The van der Waals surface area contributed by atoms with Gasteiger partial charge in [-0.25, -0.2) is 4.98 Å². The van der Waals surface area contributed by atoms with E-state index in [2.05, 4.69) is 31.8 Å². The Bertz CT molecular complexity index is 897. The molecule has 0 saturated heterocycles. The standard InChI is InChI=1S/C19H20N2O2/c1-13(2)17-8-7-16(10-14(17)3)23-12-15-11-19(22)21-9-5-4-6-18(21)20-15/h4-11,13H,12H2,1-3H3. The molecule has 0 amide bonds. The summed E-state index contributed by atoms with van der Waals surface area (Å²) in [5.41, 5.74) is 3.70. The molecule has 3 aromatic rings. The molecule has 4 nitrogen and oxygen atoms in total. The minimum Gasteiger partial charge on any atom is -0.487 e. The van der Waals surface area contributed by atoms with Crippen LogP contribution in [0.25, 0.3) is 5.65 Å². The molecule has 1 aromatic carbocycles. The third-order valence-corrected chi connectivity index (χ3v) is 3.87. The van der Waals surface area contributed by atoms with E-state index in [1.807, 2.05) is 30.3 Å². The van der Waals surface area contributed by atoms with Crippen LogP contribution in [-0.4, -0.2) is 9.38 Å². The number of pyridine rings is 1. The molecule has 0 saturated carbocycles. The van der Waals surface area contributed by atoms with E-state index < -0.39 is 0 Å². The first-order chi connectivity index (χ1) is 11.0. The van der Waals surface area contributed by atoms with Gasteiger partial charge in [-0.2, -0.15) is 0 Å². The number of aromatic nitrogens is 2. The Morgan fingerprint density at radius 3 is 2.74 bits per heavy atom. The molecule has 2 heterocycles. The van der Waals surface area contributed by atoms with Crippen molar-refractivity contribution in [3.63, 3.8) is 0 Å². The molecule has 0 aliphatic carbocycles. The summed E-state index contributed by atoms with van der Waals surface area (Å²) in [4.78, 5) is 16.5. The van der Waals surface area contributed by atoms with E-state index in [1.165, 1.54) is 21.6 Å². The Hall–Kier alpha value is -2.62. The van der Waals surface area contributed by atoms with Gasteiger partial charge in [-0.15, -0.1) is 0 Å². The minimum atomic E-state index is -0.0967. The van der Waals surface area contributed by atoms with Gasteiger partial charge in [0, 0.05) is 12.3 Å². The number of rotatable bonds is 4. The number of hydrogen-bond donors (Lipinski definition) is 0. The van der Waals surface area contributed by atoms with Crippen LogP contribution < -0.4 is 10.3 Å². The van der Waals surface area contributed by atoms with Crippen molar-refractivity contribution in [1.82, 2.24) is 9.38 Å². The Labute approximate surface area is 135 Å². The third kappa shape index (κ3) is 3.26. The summed E-state index contributed by atoms with van der Waals surface area (Å²) in [5, 5.41) is 0. The highest BCUT2D eigenvalue weighted by Gasteiger charge is 2.06. The lowest BCUT2D eigenvalue weighted by Gasteiger charge is -2.12. The van der Waals surface area contributed by atoms with Crippen molar-refractivity contribution in [1.29, 1.82) is 0 Å². The molecule has 0 unspecified atom stereocenters. The zero-order valence-electron chi connectivity index (χ0n) is 13.6. The average molecular weight is 308 g/mol. The topological polar surface area (TPSA) is 43.6 Å². The largest absolute Gasteiger partial charge is 0.487 e. The van der Waals surface area contributed by atoms with Crippen molar-refractivity contribution in [2.24, 2.45) is 0 Å². The second-order valence-corrected chi connectivity index (χ2v) is 5.98. The normalized spacial score (nSPS) is 11.1. The Morgan fingerprint density at radius 1 is 1.17 bits per heavy atom. The number of fused-ring (bicyclic) bond motifs is 1. The van der Waals surface area contributed by atoms with Gasteiger partial charge < -0.3 is 4.74 Å². The molecule has 23 heavy (non-hydrogen) atoms. The van der Waals surface area contributed by atoms with E-state index in [0.29, 0.717) is 17.3 Å². The molecule has 0 fully saturated rings. The van der Waals surface area contributed by atoms with Gasteiger partial charge in [0.05, 0.1) is 5.69 Å². The number of hydrogen-bond acceptors (Lipinski definition) is 3. The van der Waals surface area contributed by atoms with Gasteiger partial charge in [-0.1, -0.05) is 26.0 Å². The summed E-state index contributed by atoms with van der Waals surface area (Å²) in [5.74, 6) is 1.29. The van der Waals surface area contributed by atoms with Crippen molar-refractivity contribution in [2.45, 2.75) is 33.3 Å². The summed E-state index contributed by atoms with van der Waals surface area (Å²) < 4.78 is 7.32. The molecular formula is C19H20N2O2. The maximum absolute atomic E-state index is 12.1. The molecule has 4 heteroatoms. The van der Waals surface area contributed by atoms with Gasteiger partial charge in [0.15, 0.2) is 0 Å². The third-order valence-electron chi connectivity index (χ3n) is 3.87. The highest BCUT2D eigenvalue weighted by Crippen LogP contribution is 2.23. The van der Waals surface area contributed by atoms with Crippen molar-refractivity contribution < 1.29 is 4.74 Å². The Morgan fingerprint density at radius 2 is 2.00 bits per heavy atom. The van der Waals surface area contributed by atoms with Crippen LogP contribution >= 0.6 is 0 Å². The van der Waals surface area contributed by atoms with Crippen LogP contribution in [0.1, 0.15) is 36.6 Å². The van der Waals surface area contributed by atoms with E-state index in [1.54, 1.807) is 6.20 Å². The SMILES string of the molecule is Cc1cc(OCc2cc(=O)n3ccccc3n2)ccc1C(C)C. The molecule has 0 aliphatic rings. The van der Waals surface area contributed by atoms with Crippen LogP contribution in [0.4, 0.5) is 0 Å². The van der Waals surface area contributed by atoms with Crippen molar-refractivity contribution in [2.75, 3.05) is 0 Å². The van der Waals surface area contributed by atoms with Gasteiger partial charge in [0.2, 0.25) is 0 Å². The molecule has 0 atom stereocenters.